The molecular formula is C16H24N2O. The van der Waals surface area contributed by atoms with Crippen molar-refractivity contribution in [1.29, 1.82) is 5.26 Å². The molecule has 2 aliphatic carbocycles. The number of nitrogens with zero attached hydrogens (tertiary/aromatic N) is 2. The quantitative estimate of drug-likeness (QED) is 0.787. The Morgan fingerprint density at radius 1 is 1.16 bits per heavy atom. The first-order valence-corrected chi connectivity index (χ1v) is 8.07. The van der Waals surface area contributed by atoms with Crippen molar-refractivity contribution in [3.63, 3.8) is 0 Å². The molecule has 3 nitrogen and oxygen atoms in total. The molecule has 0 spiro atoms. The monoisotopic (exact) mass is 260 g/mol. The zero-order chi connectivity index (χ0) is 13.1. The van der Waals surface area contributed by atoms with Gasteiger partial charge in [0.15, 0.2) is 0 Å². The molecule has 2 saturated heterocycles. The van der Waals surface area contributed by atoms with Gasteiger partial charge in [-0.1, -0.05) is 12.8 Å². The minimum absolute atomic E-state index is 0.264. The van der Waals surface area contributed by atoms with E-state index < -0.39 is 11.0 Å². The number of aliphatic hydroxyl groups is 1. The zero-order valence-corrected chi connectivity index (χ0v) is 11.6. The Kier molecular flexibility index (Phi) is 2.54. The largest absolute Gasteiger partial charge is 0.387 e. The third kappa shape index (κ3) is 1.40. The number of rotatable bonds is 1. The highest BCUT2D eigenvalue weighted by Crippen LogP contribution is 2.63. The third-order valence-corrected chi connectivity index (χ3v) is 6.77. The van der Waals surface area contributed by atoms with Gasteiger partial charge in [-0.2, -0.15) is 5.26 Å². The minimum Gasteiger partial charge on any atom is -0.387 e. The van der Waals surface area contributed by atoms with Gasteiger partial charge in [-0.15, -0.1) is 0 Å². The van der Waals surface area contributed by atoms with Crippen molar-refractivity contribution in [2.75, 3.05) is 13.1 Å². The topological polar surface area (TPSA) is 47.3 Å². The van der Waals surface area contributed by atoms with Gasteiger partial charge in [-0.3, -0.25) is 4.90 Å². The van der Waals surface area contributed by atoms with E-state index in [9.17, 15) is 10.4 Å². The first kappa shape index (κ1) is 12.2. The molecule has 2 bridgehead atoms. The highest BCUT2D eigenvalue weighted by Gasteiger charge is 2.66. The van der Waals surface area contributed by atoms with Crippen LogP contribution in [0.2, 0.25) is 0 Å². The summed E-state index contributed by atoms with van der Waals surface area (Å²) in [6.07, 6.45) is 9.03. The van der Waals surface area contributed by atoms with Crippen LogP contribution in [0.15, 0.2) is 0 Å². The van der Waals surface area contributed by atoms with Crippen LogP contribution in [0.5, 0.6) is 0 Å². The van der Waals surface area contributed by atoms with E-state index in [-0.39, 0.29) is 6.04 Å². The molecule has 4 fully saturated rings. The van der Waals surface area contributed by atoms with Crippen LogP contribution in [-0.2, 0) is 0 Å². The van der Waals surface area contributed by atoms with E-state index in [0.717, 1.165) is 32.4 Å². The Hall–Kier alpha value is -0.590. The molecule has 4 aliphatic rings. The fraction of sp³-hybridized carbons (Fsp3) is 0.938. The van der Waals surface area contributed by atoms with E-state index in [1.54, 1.807) is 0 Å². The molecule has 0 aromatic rings. The highest BCUT2D eigenvalue weighted by atomic mass is 16.3. The fourth-order valence-corrected chi connectivity index (χ4v) is 5.89. The predicted octanol–water partition coefficient (Wildman–Crippen LogP) is 2.31. The Balaban J connectivity index is 1.72. The summed E-state index contributed by atoms with van der Waals surface area (Å²) in [6, 6.07) is 2.91. The number of hydrogen-bond donors (Lipinski definition) is 1. The van der Waals surface area contributed by atoms with Crippen molar-refractivity contribution in [2.45, 2.75) is 63.0 Å². The van der Waals surface area contributed by atoms with E-state index in [0.29, 0.717) is 11.8 Å². The van der Waals surface area contributed by atoms with Gasteiger partial charge in [0.25, 0.3) is 0 Å². The molecule has 2 saturated carbocycles. The summed E-state index contributed by atoms with van der Waals surface area (Å²) < 4.78 is 0. The predicted molar refractivity (Wildman–Crippen MR) is 72.3 cm³/mol. The Labute approximate surface area is 115 Å². The van der Waals surface area contributed by atoms with Crippen molar-refractivity contribution in [3.05, 3.63) is 0 Å². The number of hydrogen-bond acceptors (Lipinski definition) is 3. The van der Waals surface area contributed by atoms with Gasteiger partial charge >= 0.3 is 0 Å². The molecule has 0 amide bonds. The lowest BCUT2D eigenvalue weighted by atomic mass is 9.59. The lowest BCUT2D eigenvalue weighted by Gasteiger charge is -2.48. The average molecular weight is 260 g/mol. The smallest absolute Gasteiger partial charge is 0.100 e. The maximum Gasteiger partial charge on any atom is 0.100 e. The molecule has 0 aromatic carbocycles. The van der Waals surface area contributed by atoms with E-state index >= 15 is 0 Å². The Morgan fingerprint density at radius 2 is 2.05 bits per heavy atom. The van der Waals surface area contributed by atoms with Gasteiger partial charge in [-0.05, 0) is 56.9 Å². The summed E-state index contributed by atoms with van der Waals surface area (Å²) >= 11 is 0. The lowest BCUT2D eigenvalue weighted by Crippen LogP contribution is -2.58. The SMILES string of the molecule is N#CC1(C2(O)CCN3CCCCC32)CC2CCC1C2. The van der Waals surface area contributed by atoms with Crippen LogP contribution in [-0.4, -0.2) is 34.7 Å². The van der Waals surface area contributed by atoms with Crippen LogP contribution in [0.25, 0.3) is 0 Å². The van der Waals surface area contributed by atoms with E-state index in [2.05, 4.69) is 11.0 Å². The Bertz CT molecular complexity index is 431. The molecule has 0 radical (unpaired) electrons. The van der Waals surface area contributed by atoms with Crippen LogP contribution in [0.3, 0.4) is 0 Å². The van der Waals surface area contributed by atoms with Gasteiger partial charge < -0.3 is 5.11 Å². The van der Waals surface area contributed by atoms with Crippen molar-refractivity contribution < 1.29 is 5.11 Å². The lowest BCUT2D eigenvalue weighted by molar-refractivity contribution is -0.109. The van der Waals surface area contributed by atoms with Gasteiger partial charge in [0.05, 0.1) is 11.5 Å². The van der Waals surface area contributed by atoms with Gasteiger partial charge in [-0.25, -0.2) is 0 Å². The molecule has 104 valence electrons. The van der Waals surface area contributed by atoms with Crippen LogP contribution in [0.4, 0.5) is 0 Å². The summed E-state index contributed by atoms with van der Waals surface area (Å²) in [4.78, 5) is 2.47. The molecule has 2 heterocycles. The molecule has 0 aromatic heterocycles. The van der Waals surface area contributed by atoms with Crippen LogP contribution in [0.1, 0.15) is 51.4 Å². The molecule has 1 N–H and O–H groups in total. The molecule has 4 rings (SSSR count). The second-order valence-electron chi connectivity index (χ2n) is 7.39. The molecule has 19 heavy (non-hydrogen) atoms. The van der Waals surface area contributed by atoms with Crippen LogP contribution >= 0.6 is 0 Å². The first-order valence-electron chi connectivity index (χ1n) is 8.07. The molecule has 3 heteroatoms. The molecule has 5 unspecified atom stereocenters. The number of fused-ring (bicyclic) bond motifs is 3. The Morgan fingerprint density at radius 3 is 2.74 bits per heavy atom. The molecule has 5 atom stereocenters. The second kappa shape index (κ2) is 3.96. The maximum absolute atomic E-state index is 11.5. The summed E-state index contributed by atoms with van der Waals surface area (Å²) in [7, 11) is 0. The van der Waals surface area contributed by atoms with E-state index in [1.807, 2.05) is 0 Å². The summed E-state index contributed by atoms with van der Waals surface area (Å²) in [5.41, 5.74) is -1.14. The van der Waals surface area contributed by atoms with Gasteiger partial charge in [0, 0.05) is 12.6 Å². The summed E-state index contributed by atoms with van der Waals surface area (Å²) in [6.45, 7) is 2.13. The van der Waals surface area contributed by atoms with Crippen molar-refractivity contribution in [1.82, 2.24) is 4.90 Å². The molecule has 2 aliphatic heterocycles. The van der Waals surface area contributed by atoms with Crippen molar-refractivity contribution in [3.8, 4) is 6.07 Å². The van der Waals surface area contributed by atoms with Gasteiger partial charge in [0.1, 0.15) is 5.60 Å². The third-order valence-electron chi connectivity index (χ3n) is 6.77. The van der Waals surface area contributed by atoms with E-state index in [4.69, 9.17) is 0 Å². The normalized spacial score (nSPS) is 53.2. The maximum atomic E-state index is 11.5. The summed E-state index contributed by atoms with van der Waals surface area (Å²) in [5, 5.41) is 21.4. The summed E-state index contributed by atoms with van der Waals surface area (Å²) in [5.74, 6) is 1.18. The zero-order valence-electron chi connectivity index (χ0n) is 11.6. The van der Waals surface area contributed by atoms with Crippen LogP contribution < -0.4 is 0 Å². The highest BCUT2D eigenvalue weighted by molar-refractivity contribution is 5.25. The van der Waals surface area contributed by atoms with E-state index in [1.165, 1.54) is 32.1 Å². The number of piperidine rings is 1. The van der Waals surface area contributed by atoms with Gasteiger partial charge in [0.2, 0.25) is 0 Å². The van der Waals surface area contributed by atoms with Crippen LogP contribution in [0, 0.1) is 28.6 Å². The fourth-order valence-electron chi connectivity index (χ4n) is 5.89. The standard InChI is InChI=1S/C16H24N2O/c17-11-15(10-12-4-5-13(15)9-12)16(19)6-8-18-7-2-1-3-14(16)18/h12-14,19H,1-10H2. The van der Waals surface area contributed by atoms with Crippen molar-refractivity contribution in [2.24, 2.45) is 17.3 Å². The first-order chi connectivity index (χ1) is 9.19. The second-order valence-corrected chi connectivity index (χ2v) is 7.39. The number of nitriles is 1. The molecular weight excluding hydrogens is 236 g/mol. The average Bonchev–Trinajstić information content (AvgIpc) is 3.13. The van der Waals surface area contributed by atoms with Crippen molar-refractivity contribution >= 4 is 0 Å². The minimum atomic E-state index is -0.720.